The molecule has 2 aromatic rings. The van der Waals surface area contributed by atoms with E-state index in [1.54, 1.807) is 22.1 Å². The van der Waals surface area contributed by atoms with Crippen molar-refractivity contribution < 1.29 is 43.6 Å². The molecule has 2 amide bonds. The number of hydroxylamine groups is 2. The van der Waals surface area contributed by atoms with Crippen molar-refractivity contribution in [3.8, 4) is 5.75 Å². The predicted molar refractivity (Wildman–Crippen MR) is 204 cm³/mol. The minimum Gasteiger partial charge on any atom is -0.508 e. The Balaban J connectivity index is 1.24. The van der Waals surface area contributed by atoms with Crippen molar-refractivity contribution in [2.75, 3.05) is 19.7 Å². The lowest BCUT2D eigenvalue weighted by Crippen LogP contribution is -2.70. The molecule has 0 spiro atoms. The number of benzene rings is 2. The van der Waals surface area contributed by atoms with Gasteiger partial charge in [0, 0.05) is 32.4 Å². The van der Waals surface area contributed by atoms with Crippen LogP contribution in [0, 0.1) is 5.41 Å². The molecule has 0 radical (unpaired) electrons. The molecule has 5 fully saturated rings. The van der Waals surface area contributed by atoms with Crippen LogP contribution >= 0.6 is 0 Å². The van der Waals surface area contributed by atoms with E-state index in [1.165, 1.54) is 0 Å². The number of allylic oxidation sites excluding steroid dienone is 1. The zero-order chi connectivity index (χ0) is 38.6. The SMILES string of the molecule is CCCCCC1(CCCCC)O[C@@H]2[C@H](O1)[C@H]1ON(Cc3ccccc3C=CCc3ccccc3O)[C@@H]3C(=O)O[C@@H]2C[C@]13C(=O)N1CCC[C@@H]1C(=O)NCCO. The van der Waals surface area contributed by atoms with Crippen LogP contribution in [0.3, 0.4) is 0 Å². The lowest BCUT2D eigenvalue weighted by molar-refractivity contribution is -0.225. The molecule has 2 aromatic carbocycles. The molecule has 1 aliphatic carbocycles. The molecule has 4 saturated heterocycles. The van der Waals surface area contributed by atoms with Crippen molar-refractivity contribution in [1.82, 2.24) is 15.3 Å². The molecule has 2 bridgehead atoms. The fourth-order valence-corrected chi connectivity index (χ4v) is 9.53. The second-order valence-corrected chi connectivity index (χ2v) is 15.8. The fourth-order valence-electron chi connectivity index (χ4n) is 9.53. The Kier molecular flexibility index (Phi) is 12.3. The summed E-state index contributed by atoms with van der Waals surface area (Å²) < 4.78 is 20.2. The van der Waals surface area contributed by atoms with E-state index in [1.807, 2.05) is 48.6 Å². The van der Waals surface area contributed by atoms with E-state index < -0.39 is 53.7 Å². The number of aliphatic hydroxyl groups is 1. The van der Waals surface area contributed by atoms with Gasteiger partial charge in [-0.15, -0.1) is 0 Å². The lowest BCUT2D eigenvalue weighted by Gasteiger charge is -2.50. The minimum atomic E-state index is -1.39. The van der Waals surface area contributed by atoms with Crippen LogP contribution in [0.15, 0.2) is 54.6 Å². The summed E-state index contributed by atoms with van der Waals surface area (Å²) in [7, 11) is 0. The molecule has 5 aliphatic rings. The second-order valence-electron chi connectivity index (χ2n) is 15.8. The Hall–Kier alpha value is -3.81. The summed E-state index contributed by atoms with van der Waals surface area (Å²) in [6.07, 6.45) is 10.3. The molecule has 12 heteroatoms. The molecule has 298 valence electrons. The number of nitrogens with one attached hydrogen (secondary N) is 1. The van der Waals surface area contributed by atoms with Crippen LogP contribution in [0.2, 0.25) is 0 Å². The highest BCUT2D eigenvalue weighted by atomic mass is 16.8. The topological polar surface area (TPSA) is 147 Å². The van der Waals surface area contributed by atoms with Gasteiger partial charge in [-0.1, -0.05) is 94.1 Å². The number of ether oxygens (including phenoxy) is 3. The molecule has 0 aromatic heterocycles. The van der Waals surface area contributed by atoms with Crippen LogP contribution in [0.1, 0.15) is 101 Å². The Morgan fingerprint density at radius 2 is 1.67 bits per heavy atom. The minimum absolute atomic E-state index is 0.0898. The summed E-state index contributed by atoms with van der Waals surface area (Å²) in [5, 5.41) is 24.1. The van der Waals surface area contributed by atoms with Crippen molar-refractivity contribution >= 4 is 23.9 Å². The number of carbonyl (C=O) groups is 3. The molecule has 7 atom stereocenters. The number of phenolic OH excluding ortho intramolecular Hbond substituents is 1. The van der Waals surface area contributed by atoms with Gasteiger partial charge in [-0.05, 0) is 54.9 Å². The highest BCUT2D eigenvalue weighted by Crippen LogP contribution is 2.59. The summed E-state index contributed by atoms with van der Waals surface area (Å²) in [4.78, 5) is 51.6. The number of likely N-dealkylation sites (tertiary alicyclic amines) is 1. The van der Waals surface area contributed by atoms with E-state index in [-0.39, 0.29) is 43.7 Å². The van der Waals surface area contributed by atoms with Crippen molar-refractivity contribution in [3.05, 3.63) is 71.3 Å². The fraction of sp³-hybridized carbons (Fsp3) is 0.605. The molecule has 7 rings (SSSR count). The summed E-state index contributed by atoms with van der Waals surface area (Å²) in [5.74, 6) is -1.82. The monoisotopic (exact) mass is 759 g/mol. The number of fused-ring (bicyclic) bond motifs is 4. The van der Waals surface area contributed by atoms with Crippen LogP contribution in [-0.4, -0.2) is 99.9 Å². The van der Waals surface area contributed by atoms with Gasteiger partial charge in [-0.2, -0.15) is 5.06 Å². The molecule has 12 nitrogen and oxygen atoms in total. The summed E-state index contributed by atoms with van der Waals surface area (Å²) in [6.45, 7) is 4.76. The lowest BCUT2D eigenvalue weighted by atomic mass is 9.62. The van der Waals surface area contributed by atoms with Gasteiger partial charge in [0.15, 0.2) is 11.8 Å². The number of phenols is 1. The van der Waals surface area contributed by atoms with Gasteiger partial charge in [0.1, 0.15) is 41.6 Å². The number of unbranched alkanes of at least 4 members (excludes halogenated alkanes) is 4. The van der Waals surface area contributed by atoms with Gasteiger partial charge in [0.2, 0.25) is 11.8 Å². The molecule has 0 unspecified atom stereocenters. The van der Waals surface area contributed by atoms with Crippen molar-refractivity contribution in [3.63, 3.8) is 0 Å². The number of aliphatic hydroxyl groups excluding tert-OH is 1. The quantitative estimate of drug-likeness (QED) is 0.146. The average molecular weight is 760 g/mol. The third-order valence-corrected chi connectivity index (χ3v) is 12.2. The van der Waals surface area contributed by atoms with Gasteiger partial charge in [0.25, 0.3) is 0 Å². The van der Waals surface area contributed by atoms with E-state index in [4.69, 9.17) is 19.0 Å². The van der Waals surface area contributed by atoms with Crippen molar-refractivity contribution in [1.29, 1.82) is 0 Å². The summed E-state index contributed by atoms with van der Waals surface area (Å²) in [6, 6.07) is 13.3. The number of hydrogen-bond donors (Lipinski definition) is 3. The number of carbonyl (C=O) groups excluding carboxylic acids is 3. The first-order chi connectivity index (χ1) is 26.7. The van der Waals surface area contributed by atoms with Crippen LogP contribution in [-0.2, 0) is 46.4 Å². The van der Waals surface area contributed by atoms with Crippen LogP contribution in [0.4, 0.5) is 0 Å². The first kappa shape index (κ1) is 39.4. The van der Waals surface area contributed by atoms with Crippen LogP contribution < -0.4 is 5.32 Å². The Morgan fingerprint density at radius 1 is 0.964 bits per heavy atom. The second kappa shape index (κ2) is 17.1. The van der Waals surface area contributed by atoms with Gasteiger partial charge in [-0.25, -0.2) is 0 Å². The largest absolute Gasteiger partial charge is 0.508 e. The summed E-state index contributed by atoms with van der Waals surface area (Å²) in [5.41, 5.74) is 1.21. The average Bonchev–Trinajstić information content (AvgIpc) is 3.91. The maximum atomic E-state index is 15.3. The highest BCUT2D eigenvalue weighted by Gasteiger charge is 2.77. The third-order valence-electron chi connectivity index (χ3n) is 12.2. The predicted octanol–water partition coefficient (Wildman–Crippen LogP) is 5.19. The number of para-hydroxylation sites is 1. The zero-order valence-corrected chi connectivity index (χ0v) is 32.2. The van der Waals surface area contributed by atoms with Crippen molar-refractivity contribution in [2.45, 2.75) is 140 Å². The maximum absolute atomic E-state index is 15.3. The number of rotatable bonds is 17. The van der Waals surface area contributed by atoms with Crippen LogP contribution in [0.5, 0.6) is 5.75 Å². The highest BCUT2D eigenvalue weighted by molar-refractivity contribution is 5.96. The van der Waals surface area contributed by atoms with Gasteiger partial charge in [0.05, 0.1) is 13.2 Å². The molecule has 4 heterocycles. The number of esters is 1. The molecule has 3 N–H and O–H groups in total. The Labute approximate surface area is 324 Å². The van der Waals surface area contributed by atoms with Crippen molar-refractivity contribution in [2.24, 2.45) is 5.41 Å². The van der Waals surface area contributed by atoms with E-state index in [2.05, 4.69) is 19.2 Å². The molecular formula is C43H57N3O9. The first-order valence-electron chi connectivity index (χ1n) is 20.5. The number of amides is 2. The molecule has 55 heavy (non-hydrogen) atoms. The molecular weight excluding hydrogens is 702 g/mol. The first-order valence-corrected chi connectivity index (χ1v) is 20.5. The van der Waals surface area contributed by atoms with E-state index >= 15 is 4.79 Å². The normalized spacial score (nSPS) is 29.4. The number of nitrogens with zero attached hydrogens (tertiary/aromatic N) is 2. The molecule has 4 aliphatic heterocycles. The standard InChI is InChI=1S/C43H57N3O9/c1-3-5-11-22-42(23-12-6-4-2)53-35-34-27-43(41(51)45-25-14-20-32(45)39(49)44-24-26-47)37(40(50)52-34)46(55-38(43)36(35)54-42)28-31-17-8-7-15-29(31)18-13-19-30-16-9-10-21-33(30)48/h7-10,13,15-18,21,32,34-38,47-48H,3-6,11-12,14,19-20,22-28H2,1-2H3,(H,44,49)/t32-,34-,35+,36+,37-,38-,43-/m1/s1. The zero-order valence-electron chi connectivity index (χ0n) is 32.2. The van der Waals surface area contributed by atoms with E-state index in [9.17, 15) is 19.8 Å². The number of hydrogen-bond acceptors (Lipinski definition) is 10. The Bertz CT molecular complexity index is 1710. The van der Waals surface area contributed by atoms with Crippen LogP contribution in [0.25, 0.3) is 6.08 Å². The van der Waals surface area contributed by atoms with Gasteiger partial charge in [-0.3, -0.25) is 19.2 Å². The Morgan fingerprint density at radius 3 is 2.40 bits per heavy atom. The molecule has 1 saturated carbocycles. The van der Waals surface area contributed by atoms with E-state index in [0.717, 1.165) is 55.2 Å². The summed E-state index contributed by atoms with van der Waals surface area (Å²) >= 11 is 0. The number of aromatic hydroxyl groups is 1. The smallest absolute Gasteiger partial charge is 0.327 e. The third kappa shape index (κ3) is 7.68. The van der Waals surface area contributed by atoms with E-state index in [0.29, 0.717) is 38.6 Å². The van der Waals surface area contributed by atoms with Gasteiger partial charge >= 0.3 is 5.97 Å². The van der Waals surface area contributed by atoms with Gasteiger partial charge < -0.3 is 34.6 Å². The maximum Gasteiger partial charge on any atom is 0.327 e.